The van der Waals surface area contributed by atoms with Gasteiger partial charge in [0.2, 0.25) is 5.91 Å². The Morgan fingerprint density at radius 2 is 1.73 bits per heavy atom. The zero-order valence-electron chi connectivity index (χ0n) is 13.9. The average molecular weight is 413 g/mol. The molecule has 0 bridgehead atoms. The highest BCUT2D eigenvalue weighted by Crippen LogP contribution is 2.22. The fourth-order valence-electron chi connectivity index (χ4n) is 2.02. The lowest BCUT2D eigenvalue weighted by Crippen LogP contribution is -2.26. The Morgan fingerprint density at radius 1 is 1.00 bits per heavy atom. The van der Waals surface area contributed by atoms with Crippen LogP contribution in [0.2, 0.25) is 15.1 Å². The van der Waals surface area contributed by atoms with Crippen molar-refractivity contribution in [2.45, 2.75) is 19.9 Å². The van der Waals surface area contributed by atoms with Crippen LogP contribution >= 0.6 is 34.8 Å². The molecule has 0 aliphatic rings. The monoisotopic (exact) mass is 411 g/mol. The molecule has 26 heavy (non-hydrogen) atoms. The number of amides is 2. The van der Waals surface area contributed by atoms with E-state index in [2.05, 4.69) is 15.8 Å². The quantitative estimate of drug-likeness (QED) is 0.543. The molecule has 2 rings (SSSR count). The minimum atomic E-state index is -0.445. The summed E-state index contributed by atoms with van der Waals surface area (Å²) in [5, 5.41) is 7.90. The smallest absolute Gasteiger partial charge is 0.271 e. The average Bonchev–Trinajstić information content (AvgIpc) is 2.61. The second-order valence-electron chi connectivity index (χ2n) is 5.46. The summed E-state index contributed by atoms with van der Waals surface area (Å²) in [6.07, 6.45) is 0.0477. The highest BCUT2D eigenvalue weighted by molar-refractivity contribution is 6.42. The number of halogens is 3. The minimum absolute atomic E-state index is 0.0477. The van der Waals surface area contributed by atoms with E-state index < -0.39 is 5.91 Å². The molecule has 0 aliphatic heterocycles. The summed E-state index contributed by atoms with van der Waals surface area (Å²) >= 11 is 17.7. The third-order valence-corrected chi connectivity index (χ3v) is 4.49. The molecule has 2 aromatic rings. The molecule has 0 unspecified atom stereocenters. The molecule has 136 valence electrons. The van der Waals surface area contributed by atoms with Gasteiger partial charge >= 0.3 is 0 Å². The van der Waals surface area contributed by atoms with Crippen LogP contribution in [0.1, 0.15) is 29.3 Å². The molecule has 2 amide bonds. The van der Waals surface area contributed by atoms with Crippen molar-refractivity contribution in [3.8, 4) is 0 Å². The number of benzene rings is 2. The Hall–Kier alpha value is -2.08. The number of rotatable bonds is 6. The van der Waals surface area contributed by atoms with E-state index >= 15 is 0 Å². The first-order valence-electron chi connectivity index (χ1n) is 7.65. The summed E-state index contributed by atoms with van der Waals surface area (Å²) < 4.78 is 0. The van der Waals surface area contributed by atoms with Crippen molar-refractivity contribution < 1.29 is 9.59 Å². The van der Waals surface area contributed by atoms with Crippen molar-refractivity contribution in [2.75, 3.05) is 0 Å². The van der Waals surface area contributed by atoms with Crippen LogP contribution in [0.25, 0.3) is 0 Å². The lowest BCUT2D eigenvalue weighted by molar-refractivity contribution is -0.120. The molecule has 5 nitrogen and oxygen atoms in total. The van der Waals surface area contributed by atoms with Gasteiger partial charge < -0.3 is 5.32 Å². The Labute approximate surface area is 166 Å². The summed E-state index contributed by atoms with van der Waals surface area (Å²) in [6, 6.07) is 11.8. The van der Waals surface area contributed by atoms with Crippen molar-refractivity contribution in [3.05, 3.63) is 68.7 Å². The second kappa shape index (κ2) is 9.57. The van der Waals surface area contributed by atoms with Crippen LogP contribution in [-0.2, 0) is 11.3 Å². The van der Waals surface area contributed by atoms with Crippen LogP contribution in [0.5, 0.6) is 0 Å². The van der Waals surface area contributed by atoms with E-state index in [0.717, 1.165) is 5.56 Å². The fraction of sp³-hybridized carbons (Fsp3) is 0.167. The molecule has 0 fully saturated rings. The van der Waals surface area contributed by atoms with Crippen LogP contribution in [-0.4, -0.2) is 17.5 Å². The Kier molecular flexibility index (Phi) is 7.45. The summed E-state index contributed by atoms with van der Waals surface area (Å²) in [5.74, 6) is -0.672. The largest absolute Gasteiger partial charge is 0.352 e. The fourth-order valence-corrected chi connectivity index (χ4v) is 2.52. The third-order valence-electron chi connectivity index (χ3n) is 3.38. The molecule has 0 radical (unpaired) electrons. The summed E-state index contributed by atoms with van der Waals surface area (Å²) in [5.41, 5.74) is 3.98. The van der Waals surface area contributed by atoms with Crippen molar-refractivity contribution in [1.82, 2.24) is 10.7 Å². The van der Waals surface area contributed by atoms with Crippen molar-refractivity contribution in [3.63, 3.8) is 0 Å². The van der Waals surface area contributed by atoms with Gasteiger partial charge in [-0.1, -0.05) is 53.0 Å². The molecule has 0 aliphatic carbocycles. The maximum absolute atomic E-state index is 12.0. The van der Waals surface area contributed by atoms with Gasteiger partial charge in [0.25, 0.3) is 5.91 Å². The highest BCUT2D eigenvalue weighted by atomic mass is 35.5. The number of nitrogens with one attached hydrogen (secondary N) is 2. The molecular weight excluding hydrogens is 397 g/mol. The maximum atomic E-state index is 12.0. The van der Waals surface area contributed by atoms with E-state index in [0.29, 0.717) is 27.9 Å². The standard InChI is InChI=1S/C18H16Cl3N3O2/c1-11(8-17(25)22-10-13-4-2-3-5-14(13)19)23-24-18(26)12-6-7-15(20)16(21)9-12/h2-7,9H,8,10H2,1H3,(H,22,25)(H,24,26)/b23-11-. The van der Waals surface area contributed by atoms with E-state index in [9.17, 15) is 9.59 Å². The van der Waals surface area contributed by atoms with Crippen LogP contribution in [0, 0.1) is 0 Å². The molecule has 0 saturated heterocycles. The van der Waals surface area contributed by atoms with Gasteiger partial charge in [0.05, 0.1) is 16.5 Å². The van der Waals surface area contributed by atoms with E-state index in [4.69, 9.17) is 34.8 Å². The molecule has 0 aromatic heterocycles. The molecule has 0 heterocycles. The maximum Gasteiger partial charge on any atom is 0.271 e. The molecule has 2 N–H and O–H groups in total. The van der Waals surface area contributed by atoms with Gasteiger partial charge in [0, 0.05) is 22.8 Å². The zero-order valence-corrected chi connectivity index (χ0v) is 16.1. The van der Waals surface area contributed by atoms with Crippen LogP contribution in [0.3, 0.4) is 0 Å². The van der Waals surface area contributed by atoms with Crippen molar-refractivity contribution in [2.24, 2.45) is 5.10 Å². The lowest BCUT2D eigenvalue weighted by atomic mass is 10.2. The number of hydrogen-bond acceptors (Lipinski definition) is 3. The van der Waals surface area contributed by atoms with Crippen LogP contribution in [0.15, 0.2) is 47.6 Å². The van der Waals surface area contributed by atoms with E-state index in [1.165, 1.54) is 18.2 Å². The molecular formula is C18H16Cl3N3O2. The first kappa shape index (κ1) is 20.2. The zero-order chi connectivity index (χ0) is 19.1. The summed E-state index contributed by atoms with van der Waals surface area (Å²) in [6.45, 7) is 1.96. The van der Waals surface area contributed by atoms with Crippen molar-refractivity contribution >= 4 is 52.3 Å². The van der Waals surface area contributed by atoms with Gasteiger partial charge in [-0.15, -0.1) is 0 Å². The summed E-state index contributed by atoms with van der Waals surface area (Å²) in [7, 11) is 0. The second-order valence-corrected chi connectivity index (χ2v) is 6.68. The Balaban J connectivity index is 1.85. The van der Waals surface area contributed by atoms with Gasteiger partial charge in [0.1, 0.15) is 0 Å². The van der Waals surface area contributed by atoms with Crippen LogP contribution < -0.4 is 10.7 Å². The number of nitrogens with zero attached hydrogens (tertiary/aromatic N) is 1. The third kappa shape index (κ3) is 6.02. The molecule has 8 heteroatoms. The first-order chi connectivity index (χ1) is 12.4. The topological polar surface area (TPSA) is 70.6 Å². The molecule has 0 saturated carbocycles. The normalized spacial score (nSPS) is 11.2. The lowest BCUT2D eigenvalue weighted by Gasteiger charge is -2.07. The number of hydrazone groups is 1. The first-order valence-corrected chi connectivity index (χ1v) is 8.79. The summed E-state index contributed by atoms with van der Waals surface area (Å²) in [4.78, 5) is 24.0. The number of hydrogen-bond donors (Lipinski definition) is 2. The highest BCUT2D eigenvalue weighted by Gasteiger charge is 2.09. The van der Waals surface area contributed by atoms with Gasteiger partial charge in [-0.25, -0.2) is 5.43 Å². The van der Waals surface area contributed by atoms with E-state index in [1.807, 2.05) is 18.2 Å². The van der Waals surface area contributed by atoms with Gasteiger partial charge in [-0.2, -0.15) is 5.10 Å². The van der Waals surface area contributed by atoms with Gasteiger partial charge in [-0.05, 0) is 36.8 Å². The van der Waals surface area contributed by atoms with Crippen molar-refractivity contribution in [1.29, 1.82) is 0 Å². The molecule has 2 aromatic carbocycles. The SMILES string of the molecule is C/C(CC(=O)NCc1ccccc1Cl)=N/NC(=O)c1ccc(Cl)c(Cl)c1. The van der Waals surface area contributed by atoms with Gasteiger partial charge in [-0.3, -0.25) is 9.59 Å². The molecule has 0 spiro atoms. The Morgan fingerprint density at radius 3 is 2.42 bits per heavy atom. The predicted molar refractivity (Wildman–Crippen MR) is 105 cm³/mol. The van der Waals surface area contributed by atoms with E-state index in [-0.39, 0.29) is 17.4 Å². The minimum Gasteiger partial charge on any atom is -0.352 e. The van der Waals surface area contributed by atoms with Crippen LogP contribution in [0.4, 0.5) is 0 Å². The van der Waals surface area contributed by atoms with E-state index in [1.54, 1.807) is 13.0 Å². The predicted octanol–water partition coefficient (Wildman–Crippen LogP) is 4.46. The number of carbonyl (C=O) groups is 2. The van der Waals surface area contributed by atoms with Gasteiger partial charge in [0.15, 0.2) is 0 Å². The molecule has 0 atom stereocenters. The number of carbonyl (C=O) groups excluding carboxylic acids is 2. The Bertz CT molecular complexity index is 853.